The Balaban J connectivity index is 2.33. The van der Waals surface area contributed by atoms with E-state index in [0.29, 0.717) is 10.6 Å². The molecule has 1 amide bonds. The van der Waals surface area contributed by atoms with Crippen molar-refractivity contribution in [1.82, 2.24) is 9.97 Å². The van der Waals surface area contributed by atoms with E-state index in [9.17, 15) is 14.7 Å². The summed E-state index contributed by atoms with van der Waals surface area (Å²) in [6, 6.07) is 3.22. The molecule has 0 saturated heterocycles. The summed E-state index contributed by atoms with van der Waals surface area (Å²) in [6.45, 7) is 5.30. The molecule has 0 unspecified atom stereocenters. The first-order valence-electron chi connectivity index (χ1n) is 7.33. The maximum Gasteiger partial charge on any atom is 0.416 e. The fourth-order valence-electron chi connectivity index (χ4n) is 1.86. The number of hydrogen-bond acceptors (Lipinski definition) is 7. The molecule has 0 aliphatic heterocycles. The minimum absolute atomic E-state index is 0.0816. The summed E-state index contributed by atoms with van der Waals surface area (Å²) in [5.41, 5.74) is -0.156. The Morgan fingerprint density at radius 2 is 2.00 bits per heavy atom. The summed E-state index contributed by atoms with van der Waals surface area (Å²) in [4.78, 5) is 33.6. The lowest BCUT2D eigenvalue weighted by Crippen LogP contribution is -2.35. The topological polar surface area (TPSA) is 102 Å². The van der Waals surface area contributed by atoms with Crippen molar-refractivity contribution in [2.24, 2.45) is 0 Å². The smallest absolute Gasteiger partial charge is 0.416 e. The number of carboxylic acid groups (broad SMARTS) is 1. The molecule has 2 aromatic heterocycles. The summed E-state index contributed by atoms with van der Waals surface area (Å²) < 4.78 is 10.4. The van der Waals surface area contributed by atoms with Crippen LogP contribution >= 0.6 is 11.3 Å². The fourth-order valence-corrected chi connectivity index (χ4v) is 2.79. The Morgan fingerprint density at radius 3 is 2.52 bits per heavy atom. The van der Waals surface area contributed by atoms with Gasteiger partial charge < -0.3 is 14.6 Å². The van der Waals surface area contributed by atoms with Crippen molar-refractivity contribution in [3.8, 4) is 16.3 Å². The van der Waals surface area contributed by atoms with E-state index < -0.39 is 17.7 Å². The number of aromatic nitrogens is 2. The molecule has 25 heavy (non-hydrogen) atoms. The van der Waals surface area contributed by atoms with Gasteiger partial charge in [0.15, 0.2) is 4.88 Å². The van der Waals surface area contributed by atoms with E-state index in [1.807, 2.05) is 0 Å². The van der Waals surface area contributed by atoms with Gasteiger partial charge in [-0.1, -0.05) is 0 Å². The summed E-state index contributed by atoms with van der Waals surface area (Å²) in [5.74, 6) is -0.669. The lowest BCUT2D eigenvalue weighted by molar-refractivity contribution is 0.0586. The maximum atomic E-state index is 12.1. The van der Waals surface area contributed by atoms with E-state index >= 15 is 0 Å². The molecule has 134 valence electrons. The van der Waals surface area contributed by atoms with Crippen molar-refractivity contribution in [2.75, 3.05) is 19.1 Å². The van der Waals surface area contributed by atoms with Crippen LogP contribution in [0.15, 0.2) is 18.3 Å². The number of nitrogens with zero attached hydrogens (tertiary/aromatic N) is 3. The summed E-state index contributed by atoms with van der Waals surface area (Å²) in [5, 5.41) is 9.21. The van der Waals surface area contributed by atoms with Gasteiger partial charge in [0.1, 0.15) is 11.4 Å². The molecule has 0 fully saturated rings. The third kappa shape index (κ3) is 4.44. The van der Waals surface area contributed by atoms with E-state index in [0.717, 1.165) is 11.3 Å². The molecule has 9 heteroatoms. The SMILES string of the molecule is COc1cc(-c2ccnc(N(C)C(=O)OC(C)(C)C)n2)sc1C(=O)O. The molecule has 0 bridgehead atoms. The van der Waals surface area contributed by atoms with E-state index in [1.165, 1.54) is 25.3 Å². The molecule has 0 aliphatic carbocycles. The highest BCUT2D eigenvalue weighted by Gasteiger charge is 2.23. The van der Waals surface area contributed by atoms with E-state index in [2.05, 4.69) is 9.97 Å². The first-order chi connectivity index (χ1) is 11.6. The molecule has 0 aromatic carbocycles. The number of ether oxygens (including phenoxy) is 2. The molecule has 2 aromatic rings. The highest BCUT2D eigenvalue weighted by Crippen LogP contribution is 2.35. The molecular weight excluding hydrogens is 346 g/mol. The Labute approximate surface area is 149 Å². The second kappa shape index (κ2) is 7.06. The number of hydrogen-bond donors (Lipinski definition) is 1. The Morgan fingerprint density at radius 1 is 1.32 bits per heavy atom. The van der Waals surface area contributed by atoms with Gasteiger partial charge in [-0.15, -0.1) is 11.3 Å². The average Bonchev–Trinajstić information content (AvgIpc) is 2.97. The normalized spacial score (nSPS) is 11.1. The Hall–Kier alpha value is -2.68. The molecule has 8 nitrogen and oxygen atoms in total. The van der Waals surface area contributed by atoms with Gasteiger partial charge in [-0.2, -0.15) is 0 Å². The second-order valence-corrected chi connectivity index (χ2v) is 7.15. The van der Waals surface area contributed by atoms with Gasteiger partial charge in [-0.05, 0) is 26.8 Å². The van der Waals surface area contributed by atoms with Crippen molar-refractivity contribution in [3.05, 3.63) is 23.2 Å². The lowest BCUT2D eigenvalue weighted by atomic mass is 10.2. The van der Waals surface area contributed by atoms with E-state index in [4.69, 9.17) is 9.47 Å². The van der Waals surface area contributed by atoms with Gasteiger partial charge in [-0.25, -0.2) is 24.5 Å². The molecule has 0 aliphatic rings. The number of methoxy groups -OCH3 is 1. The largest absolute Gasteiger partial charge is 0.495 e. The predicted molar refractivity (Wildman–Crippen MR) is 93.5 cm³/mol. The summed E-state index contributed by atoms with van der Waals surface area (Å²) in [7, 11) is 2.91. The van der Waals surface area contributed by atoms with Crippen LogP contribution in [0.1, 0.15) is 30.4 Å². The standard InChI is InChI=1S/C16H19N3O5S/c1-16(2,3)24-15(22)19(4)14-17-7-6-9(18-14)11-8-10(23-5)12(25-11)13(20)21/h6-8H,1-5H3,(H,20,21). The fraction of sp³-hybridized carbons (Fsp3) is 0.375. The van der Waals surface area contributed by atoms with E-state index in [-0.39, 0.29) is 16.6 Å². The van der Waals surface area contributed by atoms with Gasteiger partial charge in [0.25, 0.3) is 0 Å². The number of rotatable bonds is 4. The Kier molecular flexibility index (Phi) is 5.27. The summed E-state index contributed by atoms with van der Waals surface area (Å²) in [6.07, 6.45) is 0.908. The molecule has 2 heterocycles. The number of carbonyl (C=O) groups excluding carboxylic acids is 1. The monoisotopic (exact) mass is 365 g/mol. The van der Waals surface area contributed by atoms with Crippen LogP contribution in [0.25, 0.3) is 10.6 Å². The molecule has 0 radical (unpaired) electrons. The zero-order valence-electron chi connectivity index (χ0n) is 14.6. The zero-order valence-corrected chi connectivity index (χ0v) is 15.4. The van der Waals surface area contributed by atoms with Crippen LogP contribution in [-0.4, -0.2) is 46.9 Å². The van der Waals surface area contributed by atoms with Crippen molar-refractivity contribution >= 4 is 29.3 Å². The number of aromatic carboxylic acids is 1. The number of carbonyl (C=O) groups is 2. The van der Waals surface area contributed by atoms with Gasteiger partial charge >= 0.3 is 12.1 Å². The number of amides is 1. The number of thiophene rings is 1. The van der Waals surface area contributed by atoms with Crippen LogP contribution in [0.3, 0.4) is 0 Å². The minimum Gasteiger partial charge on any atom is -0.495 e. The van der Waals surface area contributed by atoms with Crippen LogP contribution in [0, 0.1) is 0 Å². The number of carboxylic acids is 1. The van der Waals surface area contributed by atoms with Crippen LogP contribution in [0.2, 0.25) is 0 Å². The highest BCUT2D eigenvalue weighted by atomic mass is 32.1. The van der Waals surface area contributed by atoms with Gasteiger partial charge in [0.05, 0.1) is 17.7 Å². The molecular formula is C16H19N3O5S. The van der Waals surface area contributed by atoms with Gasteiger partial charge in [0, 0.05) is 19.3 Å². The van der Waals surface area contributed by atoms with Crippen LogP contribution in [-0.2, 0) is 4.74 Å². The second-order valence-electron chi connectivity index (χ2n) is 6.09. The van der Waals surface area contributed by atoms with Crippen LogP contribution in [0.4, 0.5) is 10.7 Å². The minimum atomic E-state index is -1.08. The van der Waals surface area contributed by atoms with E-state index in [1.54, 1.807) is 32.9 Å². The first kappa shape index (κ1) is 18.7. The summed E-state index contributed by atoms with van der Waals surface area (Å²) >= 11 is 1.03. The average molecular weight is 365 g/mol. The third-order valence-electron chi connectivity index (χ3n) is 2.97. The van der Waals surface area contributed by atoms with Crippen LogP contribution < -0.4 is 9.64 Å². The lowest BCUT2D eigenvalue weighted by Gasteiger charge is -2.23. The molecule has 0 spiro atoms. The maximum absolute atomic E-state index is 12.1. The molecule has 0 atom stereocenters. The first-order valence-corrected chi connectivity index (χ1v) is 8.15. The molecule has 1 N–H and O–H groups in total. The quantitative estimate of drug-likeness (QED) is 0.887. The van der Waals surface area contributed by atoms with Crippen molar-refractivity contribution in [1.29, 1.82) is 0 Å². The predicted octanol–water partition coefficient (Wildman–Crippen LogP) is 3.28. The number of anilines is 1. The van der Waals surface area contributed by atoms with Crippen molar-refractivity contribution in [3.63, 3.8) is 0 Å². The Bertz CT molecular complexity index is 797. The molecule has 2 rings (SSSR count). The molecule has 0 saturated carbocycles. The van der Waals surface area contributed by atoms with Gasteiger partial charge in [0.2, 0.25) is 5.95 Å². The third-order valence-corrected chi connectivity index (χ3v) is 4.10. The highest BCUT2D eigenvalue weighted by molar-refractivity contribution is 7.17. The van der Waals surface area contributed by atoms with Gasteiger partial charge in [-0.3, -0.25) is 0 Å². The van der Waals surface area contributed by atoms with Crippen molar-refractivity contribution < 1.29 is 24.2 Å². The zero-order chi connectivity index (χ0) is 18.8. The van der Waals surface area contributed by atoms with Crippen molar-refractivity contribution in [2.45, 2.75) is 26.4 Å². The van der Waals surface area contributed by atoms with Crippen LogP contribution in [0.5, 0.6) is 5.75 Å².